The molecular weight excluding hydrogens is 252 g/mol. The van der Waals surface area contributed by atoms with Crippen LogP contribution in [0.1, 0.15) is 38.0 Å². The summed E-state index contributed by atoms with van der Waals surface area (Å²) in [6.07, 6.45) is 3.93. The summed E-state index contributed by atoms with van der Waals surface area (Å²) in [5, 5.41) is 14.5. The number of aromatic nitrogens is 2. The minimum absolute atomic E-state index is 0.130. The van der Waals surface area contributed by atoms with Gasteiger partial charge in [0.25, 0.3) is 0 Å². The van der Waals surface area contributed by atoms with E-state index in [0.29, 0.717) is 6.42 Å². The molecule has 0 amide bonds. The van der Waals surface area contributed by atoms with Crippen molar-refractivity contribution in [2.75, 3.05) is 0 Å². The molecule has 2 rings (SSSR count). The standard InChI is InChI=1S/C16H22N2O2/c1-4-18-11-13(10-17-18)8-16(19)14-6-5-7-15(9-14)20-12(2)3/h5-7,9-12,16,19H,4,8H2,1-3H3. The molecular formula is C16H22N2O2. The average molecular weight is 274 g/mol. The van der Waals surface area contributed by atoms with Gasteiger partial charge in [0.15, 0.2) is 0 Å². The topological polar surface area (TPSA) is 47.3 Å². The lowest BCUT2D eigenvalue weighted by molar-refractivity contribution is 0.177. The van der Waals surface area contributed by atoms with Crippen molar-refractivity contribution in [1.29, 1.82) is 0 Å². The Morgan fingerprint density at radius 3 is 2.80 bits per heavy atom. The molecule has 108 valence electrons. The molecule has 0 fully saturated rings. The van der Waals surface area contributed by atoms with Gasteiger partial charge in [-0.1, -0.05) is 12.1 Å². The first-order chi connectivity index (χ1) is 9.58. The van der Waals surface area contributed by atoms with Gasteiger partial charge in [0.1, 0.15) is 5.75 Å². The first-order valence-electron chi connectivity index (χ1n) is 7.04. The van der Waals surface area contributed by atoms with Gasteiger partial charge in [-0.2, -0.15) is 5.10 Å². The normalized spacial score (nSPS) is 12.7. The number of nitrogens with zero attached hydrogens (tertiary/aromatic N) is 2. The molecule has 0 aliphatic heterocycles. The summed E-state index contributed by atoms with van der Waals surface area (Å²) in [4.78, 5) is 0. The van der Waals surface area contributed by atoms with Crippen LogP contribution < -0.4 is 4.74 Å². The second-order valence-electron chi connectivity index (χ2n) is 5.16. The highest BCUT2D eigenvalue weighted by Gasteiger charge is 2.11. The highest BCUT2D eigenvalue weighted by molar-refractivity contribution is 5.30. The fourth-order valence-electron chi connectivity index (χ4n) is 2.09. The maximum atomic E-state index is 10.3. The van der Waals surface area contributed by atoms with E-state index in [0.717, 1.165) is 23.4 Å². The second-order valence-corrected chi connectivity index (χ2v) is 5.16. The molecule has 0 radical (unpaired) electrons. The molecule has 1 heterocycles. The Labute approximate surface area is 120 Å². The van der Waals surface area contributed by atoms with Crippen LogP contribution in [-0.4, -0.2) is 21.0 Å². The van der Waals surface area contributed by atoms with Crippen molar-refractivity contribution in [3.05, 3.63) is 47.8 Å². The molecule has 1 N–H and O–H groups in total. The van der Waals surface area contributed by atoms with Crippen molar-refractivity contribution < 1.29 is 9.84 Å². The first kappa shape index (κ1) is 14.6. The molecule has 2 aromatic rings. The Morgan fingerprint density at radius 2 is 2.15 bits per heavy atom. The second kappa shape index (κ2) is 6.57. The van der Waals surface area contributed by atoms with Crippen molar-refractivity contribution >= 4 is 0 Å². The summed E-state index contributed by atoms with van der Waals surface area (Å²) in [5.74, 6) is 0.792. The average Bonchev–Trinajstić information content (AvgIpc) is 2.86. The van der Waals surface area contributed by atoms with Crippen LogP contribution in [0.4, 0.5) is 0 Å². The maximum Gasteiger partial charge on any atom is 0.120 e. The molecule has 20 heavy (non-hydrogen) atoms. The molecule has 1 aromatic heterocycles. The number of hydrogen-bond donors (Lipinski definition) is 1. The molecule has 4 heteroatoms. The zero-order valence-corrected chi connectivity index (χ0v) is 12.3. The first-order valence-corrected chi connectivity index (χ1v) is 7.04. The van der Waals surface area contributed by atoms with Crippen LogP contribution in [0.3, 0.4) is 0 Å². The van der Waals surface area contributed by atoms with Gasteiger partial charge in [0, 0.05) is 19.2 Å². The highest BCUT2D eigenvalue weighted by Crippen LogP contribution is 2.23. The Balaban J connectivity index is 2.06. The molecule has 0 aliphatic carbocycles. The Hall–Kier alpha value is -1.81. The lowest BCUT2D eigenvalue weighted by atomic mass is 10.0. The monoisotopic (exact) mass is 274 g/mol. The fraction of sp³-hybridized carbons (Fsp3) is 0.438. The van der Waals surface area contributed by atoms with Crippen molar-refractivity contribution in [1.82, 2.24) is 9.78 Å². The summed E-state index contributed by atoms with van der Waals surface area (Å²) in [7, 11) is 0. The van der Waals surface area contributed by atoms with Gasteiger partial charge in [-0.3, -0.25) is 4.68 Å². The highest BCUT2D eigenvalue weighted by atomic mass is 16.5. The summed E-state index contributed by atoms with van der Waals surface area (Å²) < 4.78 is 7.51. The van der Waals surface area contributed by atoms with E-state index < -0.39 is 6.10 Å². The van der Waals surface area contributed by atoms with Gasteiger partial charge in [-0.05, 0) is 44.0 Å². The molecule has 0 aliphatic rings. The Bertz CT molecular complexity index is 549. The molecule has 1 unspecified atom stereocenters. The van der Waals surface area contributed by atoms with Crippen molar-refractivity contribution in [2.45, 2.75) is 45.9 Å². The van der Waals surface area contributed by atoms with Crippen molar-refractivity contribution in [3.8, 4) is 5.75 Å². The molecule has 0 saturated heterocycles. The number of aryl methyl sites for hydroxylation is 1. The molecule has 4 nitrogen and oxygen atoms in total. The molecule has 0 bridgehead atoms. The Morgan fingerprint density at radius 1 is 1.35 bits per heavy atom. The molecule has 0 spiro atoms. The van der Waals surface area contributed by atoms with Crippen molar-refractivity contribution in [2.24, 2.45) is 0 Å². The van der Waals surface area contributed by atoms with Gasteiger partial charge in [-0.25, -0.2) is 0 Å². The lowest BCUT2D eigenvalue weighted by Crippen LogP contribution is -2.07. The number of aliphatic hydroxyl groups is 1. The lowest BCUT2D eigenvalue weighted by Gasteiger charge is -2.14. The summed E-state index contributed by atoms with van der Waals surface area (Å²) in [5.41, 5.74) is 1.90. The SMILES string of the molecule is CCn1cc(CC(O)c2cccc(OC(C)C)c2)cn1. The number of hydrogen-bond acceptors (Lipinski definition) is 3. The predicted octanol–water partition coefficient (Wildman–Crippen LogP) is 2.97. The van der Waals surface area contributed by atoms with E-state index in [9.17, 15) is 5.11 Å². The molecule has 0 saturated carbocycles. The van der Waals surface area contributed by atoms with Crippen LogP contribution in [0.5, 0.6) is 5.75 Å². The van der Waals surface area contributed by atoms with E-state index in [4.69, 9.17) is 4.74 Å². The molecule has 1 aromatic carbocycles. The van der Waals surface area contributed by atoms with E-state index in [1.165, 1.54) is 0 Å². The predicted molar refractivity (Wildman–Crippen MR) is 78.8 cm³/mol. The fourth-order valence-corrected chi connectivity index (χ4v) is 2.09. The minimum atomic E-state index is -0.541. The van der Waals surface area contributed by atoms with E-state index >= 15 is 0 Å². The van der Waals surface area contributed by atoms with Gasteiger partial charge < -0.3 is 9.84 Å². The van der Waals surface area contributed by atoms with E-state index in [1.807, 2.05) is 55.9 Å². The van der Waals surface area contributed by atoms with Crippen LogP contribution in [0.2, 0.25) is 0 Å². The van der Waals surface area contributed by atoms with Gasteiger partial charge in [-0.15, -0.1) is 0 Å². The van der Waals surface area contributed by atoms with Crippen LogP contribution in [0, 0.1) is 0 Å². The number of aliphatic hydroxyl groups excluding tert-OH is 1. The third kappa shape index (κ3) is 3.84. The summed E-state index contributed by atoms with van der Waals surface area (Å²) in [6.45, 7) is 6.86. The van der Waals surface area contributed by atoms with Crippen LogP contribution in [-0.2, 0) is 13.0 Å². The quantitative estimate of drug-likeness (QED) is 0.881. The zero-order valence-electron chi connectivity index (χ0n) is 12.3. The third-order valence-corrected chi connectivity index (χ3v) is 3.05. The number of ether oxygens (including phenoxy) is 1. The smallest absolute Gasteiger partial charge is 0.120 e. The van der Waals surface area contributed by atoms with Crippen LogP contribution >= 0.6 is 0 Å². The largest absolute Gasteiger partial charge is 0.491 e. The minimum Gasteiger partial charge on any atom is -0.491 e. The summed E-state index contributed by atoms with van der Waals surface area (Å²) in [6, 6.07) is 7.63. The number of rotatable bonds is 6. The van der Waals surface area contributed by atoms with E-state index in [1.54, 1.807) is 6.20 Å². The van der Waals surface area contributed by atoms with E-state index in [-0.39, 0.29) is 6.10 Å². The summed E-state index contributed by atoms with van der Waals surface area (Å²) >= 11 is 0. The molecule has 1 atom stereocenters. The van der Waals surface area contributed by atoms with Gasteiger partial charge in [0.05, 0.1) is 18.4 Å². The zero-order chi connectivity index (χ0) is 14.5. The van der Waals surface area contributed by atoms with Crippen molar-refractivity contribution in [3.63, 3.8) is 0 Å². The Kier molecular flexibility index (Phi) is 4.79. The number of benzene rings is 1. The van der Waals surface area contributed by atoms with Crippen LogP contribution in [0.15, 0.2) is 36.7 Å². The van der Waals surface area contributed by atoms with E-state index in [2.05, 4.69) is 5.10 Å². The third-order valence-electron chi connectivity index (χ3n) is 3.05. The van der Waals surface area contributed by atoms with Crippen LogP contribution in [0.25, 0.3) is 0 Å². The van der Waals surface area contributed by atoms with Gasteiger partial charge in [0.2, 0.25) is 0 Å². The van der Waals surface area contributed by atoms with Gasteiger partial charge >= 0.3 is 0 Å². The maximum absolute atomic E-state index is 10.3.